The van der Waals surface area contributed by atoms with Crippen LogP contribution in [-0.4, -0.2) is 48.2 Å². The van der Waals surface area contributed by atoms with Crippen LogP contribution in [0.1, 0.15) is 19.8 Å². The number of hydrogen-bond donors (Lipinski definition) is 2. The van der Waals surface area contributed by atoms with Gasteiger partial charge in [0.15, 0.2) is 0 Å². The Morgan fingerprint density at radius 2 is 2.27 bits per heavy atom. The summed E-state index contributed by atoms with van der Waals surface area (Å²) in [4.78, 5) is 13.9. The molecule has 0 aromatic heterocycles. The van der Waals surface area contributed by atoms with Gasteiger partial charge < -0.3 is 15.3 Å². The van der Waals surface area contributed by atoms with Crippen LogP contribution in [0.3, 0.4) is 0 Å². The summed E-state index contributed by atoms with van der Waals surface area (Å²) in [6, 6.07) is 0. The minimum Gasteiger partial charge on any atom is -0.393 e. The molecule has 0 aromatic carbocycles. The van der Waals surface area contributed by atoms with Gasteiger partial charge in [-0.1, -0.05) is 6.92 Å². The lowest BCUT2D eigenvalue weighted by molar-refractivity contribution is -0.140. The first-order valence-corrected chi connectivity index (χ1v) is 5.90. The highest BCUT2D eigenvalue weighted by Gasteiger charge is 2.34. The summed E-state index contributed by atoms with van der Waals surface area (Å²) in [6.45, 7) is 5.20. The third-order valence-corrected chi connectivity index (χ3v) is 3.66. The molecule has 2 unspecified atom stereocenters. The van der Waals surface area contributed by atoms with Crippen LogP contribution in [0.5, 0.6) is 0 Å². The molecule has 0 aliphatic carbocycles. The van der Waals surface area contributed by atoms with Gasteiger partial charge in [0, 0.05) is 32.1 Å². The number of likely N-dealkylation sites (tertiary alicyclic amines) is 1. The summed E-state index contributed by atoms with van der Waals surface area (Å²) in [7, 11) is 0. The predicted molar refractivity (Wildman–Crippen MR) is 57.3 cm³/mol. The lowest BCUT2D eigenvalue weighted by atomic mass is 9.91. The molecular weight excluding hydrogens is 192 g/mol. The second kappa shape index (κ2) is 4.49. The predicted octanol–water partition coefficient (Wildman–Crippen LogP) is -0.175. The number of carbonyl (C=O) groups is 1. The summed E-state index contributed by atoms with van der Waals surface area (Å²) in [5.74, 6) is 0.743. The average Bonchev–Trinajstić information content (AvgIpc) is 2.15. The average molecular weight is 212 g/mol. The smallest absolute Gasteiger partial charge is 0.228 e. The Balaban J connectivity index is 1.90. The molecule has 0 bridgehead atoms. The van der Waals surface area contributed by atoms with Crippen molar-refractivity contribution in [3.05, 3.63) is 0 Å². The Kier molecular flexibility index (Phi) is 3.26. The van der Waals surface area contributed by atoms with E-state index in [1.165, 1.54) is 0 Å². The minimum absolute atomic E-state index is 0.192. The van der Waals surface area contributed by atoms with Crippen LogP contribution in [0.15, 0.2) is 0 Å². The van der Waals surface area contributed by atoms with Crippen LogP contribution in [-0.2, 0) is 4.79 Å². The molecule has 0 aromatic rings. The van der Waals surface area contributed by atoms with Gasteiger partial charge >= 0.3 is 0 Å². The molecule has 86 valence electrons. The number of amides is 1. The summed E-state index contributed by atoms with van der Waals surface area (Å²) in [6.07, 6.45) is 1.48. The number of nitrogens with one attached hydrogen (secondary N) is 1. The normalized spacial score (nSPS) is 32.5. The molecule has 1 amide bonds. The van der Waals surface area contributed by atoms with Crippen LogP contribution < -0.4 is 5.32 Å². The molecule has 15 heavy (non-hydrogen) atoms. The lowest BCUT2D eigenvalue weighted by Crippen LogP contribution is -2.55. The van der Waals surface area contributed by atoms with E-state index in [9.17, 15) is 9.90 Å². The summed E-state index contributed by atoms with van der Waals surface area (Å²) < 4.78 is 0. The highest BCUT2D eigenvalue weighted by molar-refractivity contribution is 5.80. The van der Waals surface area contributed by atoms with Crippen molar-refractivity contribution in [2.45, 2.75) is 25.9 Å². The molecule has 2 aliphatic heterocycles. The van der Waals surface area contributed by atoms with Gasteiger partial charge in [0.1, 0.15) is 0 Å². The van der Waals surface area contributed by atoms with Crippen molar-refractivity contribution >= 4 is 5.91 Å². The number of aliphatic hydroxyl groups is 1. The first-order chi connectivity index (χ1) is 7.22. The monoisotopic (exact) mass is 212 g/mol. The van der Waals surface area contributed by atoms with E-state index in [1.807, 2.05) is 4.90 Å². The zero-order valence-electron chi connectivity index (χ0n) is 9.28. The maximum atomic E-state index is 12.0. The van der Waals surface area contributed by atoms with Crippen molar-refractivity contribution in [1.29, 1.82) is 0 Å². The Hall–Kier alpha value is -0.610. The largest absolute Gasteiger partial charge is 0.393 e. The fourth-order valence-electron chi connectivity index (χ4n) is 2.34. The molecule has 0 saturated carbocycles. The number of hydrogen-bond acceptors (Lipinski definition) is 3. The van der Waals surface area contributed by atoms with Gasteiger partial charge in [-0.3, -0.25) is 4.79 Å². The van der Waals surface area contributed by atoms with Crippen LogP contribution >= 0.6 is 0 Å². The van der Waals surface area contributed by atoms with Gasteiger partial charge in [0.2, 0.25) is 5.91 Å². The third-order valence-electron chi connectivity index (χ3n) is 3.66. The van der Waals surface area contributed by atoms with Crippen molar-refractivity contribution in [3.8, 4) is 0 Å². The first kappa shape index (κ1) is 10.9. The topological polar surface area (TPSA) is 52.6 Å². The quantitative estimate of drug-likeness (QED) is 0.668. The molecule has 0 radical (unpaired) electrons. The van der Waals surface area contributed by atoms with E-state index in [1.54, 1.807) is 0 Å². The number of piperidine rings is 1. The zero-order valence-corrected chi connectivity index (χ0v) is 9.28. The highest BCUT2D eigenvalue weighted by atomic mass is 16.3. The van der Waals surface area contributed by atoms with Crippen LogP contribution in [0.2, 0.25) is 0 Å². The Morgan fingerprint density at radius 1 is 1.53 bits per heavy atom. The van der Waals surface area contributed by atoms with Crippen LogP contribution in [0, 0.1) is 11.8 Å². The molecule has 2 N–H and O–H groups in total. The van der Waals surface area contributed by atoms with E-state index in [2.05, 4.69) is 12.2 Å². The molecule has 2 fully saturated rings. The SMILES string of the molecule is CCC1CN(C(=O)C2CNC2)CCC1O. The van der Waals surface area contributed by atoms with Gasteiger partial charge in [-0.15, -0.1) is 0 Å². The molecule has 2 saturated heterocycles. The Labute approximate surface area is 90.6 Å². The molecule has 2 rings (SSSR count). The molecule has 2 heterocycles. The standard InChI is InChI=1S/C11H20N2O2/c1-2-8-7-13(4-3-10(8)14)11(15)9-5-12-6-9/h8-10,12,14H,2-7H2,1H3. The molecule has 4 nitrogen and oxygen atoms in total. The maximum absolute atomic E-state index is 12.0. The van der Waals surface area contributed by atoms with Crippen molar-refractivity contribution in [2.75, 3.05) is 26.2 Å². The summed E-state index contributed by atoms with van der Waals surface area (Å²) in [5, 5.41) is 12.8. The van der Waals surface area contributed by atoms with Crippen LogP contribution in [0.4, 0.5) is 0 Å². The van der Waals surface area contributed by atoms with Crippen molar-refractivity contribution in [3.63, 3.8) is 0 Å². The number of carbonyl (C=O) groups excluding carboxylic acids is 1. The highest BCUT2D eigenvalue weighted by Crippen LogP contribution is 2.22. The van der Waals surface area contributed by atoms with Gasteiger partial charge in [0.05, 0.1) is 12.0 Å². The molecule has 2 aliphatic rings. The summed E-state index contributed by atoms with van der Waals surface area (Å²) in [5.41, 5.74) is 0. The van der Waals surface area contributed by atoms with Gasteiger partial charge in [-0.2, -0.15) is 0 Å². The van der Waals surface area contributed by atoms with E-state index in [4.69, 9.17) is 0 Å². The van der Waals surface area contributed by atoms with Crippen molar-refractivity contribution in [2.24, 2.45) is 11.8 Å². The lowest BCUT2D eigenvalue weighted by Gasteiger charge is -2.39. The second-order valence-electron chi connectivity index (χ2n) is 4.66. The third kappa shape index (κ3) is 2.16. The van der Waals surface area contributed by atoms with Gasteiger partial charge in [-0.25, -0.2) is 0 Å². The van der Waals surface area contributed by atoms with E-state index >= 15 is 0 Å². The zero-order chi connectivity index (χ0) is 10.8. The second-order valence-corrected chi connectivity index (χ2v) is 4.66. The van der Waals surface area contributed by atoms with E-state index in [0.29, 0.717) is 0 Å². The van der Waals surface area contributed by atoms with E-state index in [-0.39, 0.29) is 23.8 Å². The Morgan fingerprint density at radius 3 is 2.80 bits per heavy atom. The molecule has 0 spiro atoms. The van der Waals surface area contributed by atoms with Crippen molar-refractivity contribution in [1.82, 2.24) is 10.2 Å². The van der Waals surface area contributed by atoms with Crippen LogP contribution in [0.25, 0.3) is 0 Å². The van der Waals surface area contributed by atoms with Gasteiger partial charge in [0.25, 0.3) is 0 Å². The molecular formula is C11H20N2O2. The minimum atomic E-state index is -0.210. The number of rotatable bonds is 2. The Bertz CT molecular complexity index is 241. The van der Waals surface area contributed by atoms with E-state index in [0.717, 1.165) is 39.0 Å². The first-order valence-electron chi connectivity index (χ1n) is 5.90. The van der Waals surface area contributed by atoms with E-state index < -0.39 is 0 Å². The molecule has 2 atom stereocenters. The number of aliphatic hydroxyl groups excluding tert-OH is 1. The van der Waals surface area contributed by atoms with Gasteiger partial charge in [-0.05, 0) is 12.8 Å². The fraction of sp³-hybridized carbons (Fsp3) is 0.909. The molecule has 4 heteroatoms. The number of nitrogens with zero attached hydrogens (tertiary/aromatic N) is 1. The van der Waals surface area contributed by atoms with Crippen molar-refractivity contribution < 1.29 is 9.90 Å². The fourth-order valence-corrected chi connectivity index (χ4v) is 2.34. The summed E-state index contributed by atoms with van der Waals surface area (Å²) >= 11 is 0. The maximum Gasteiger partial charge on any atom is 0.228 e.